The number of hydrogen-bond donors (Lipinski definition) is 0. The summed E-state index contributed by atoms with van der Waals surface area (Å²) in [5.74, 6) is 0.251. The Morgan fingerprint density at radius 1 is 0.325 bits per heavy atom. The van der Waals surface area contributed by atoms with E-state index in [1.807, 2.05) is 36.4 Å². The Bertz CT molecular complexity index is 3540. The Kier molecular flexibility index (Phi) is 13.7. The van der Waals surface area contributed by atoms with Crippen LogP contribution >= 0.6 is 0 Å². The maximum absolute atomic E-state index is 14.5. The zero-order valence-corrected chi connectivity index (χ0v) is 39.1. The molecule has 20 heteroatoms. The second-order valence-electron chi connectivity index (χ2n) is 17.4. The lowest BCUT2D eigenvalue weighted by Crippen LogP contribution is -2.11. The SMILES string of the molecule is CC(F)(F)F.Fc1ccc(-c2ccc(-c3nc(-c4ccccc4)nc(-c4ccccc4)n3)cc2-n2c3ccc(-c4cc(C(F)(F)F)cc(C(F)(F)F)c4)cc3c3cc(-c4cc(C(F)(F)F)cc(C(F)(F)F)c4)ccc32)cc1. The number of halogens is 16. The molecule has 2 aromatic heterocycles. The molecule has 0 radical (unpaired) electrons. The van der Waals surface area contributed by atoms with Gasteiger partial charge in [0.25, 0.3) is 0 Å². The van der Waals surface area contributed by atoms with Gasteiger partial charge in [-0.25, -0.2) is 19.3 Å². The molecule has 0 N–H and O–H groups in total. The molecule has 10 aromatic rings. The van der Waals surface area contributed by atoms with Crippen LogP contribution in [0.1, 0.15) is 29.2 Å². The van der Waals surface area contributed by atoms with Crippen molar-refractivity contribution < 1.29 is 70.2 Å². The van der Waals surface area contributed by atoms with E-state index < -0.39 is 70.1 Å². The third kappa shape index (κ3) is 11.8. The van der Waals surface area contributed by atoms with Gasteiger partial charge in [-0.1, -0.05) is 97.1 Å². The molecular formula is C57H32F16N4. The quantitative estimate of drug-likeness (QED) is 0.149. The number of fused-ring (bicyclic) bond motifs is 3. The van der Waals surface area contributed by atoms with Crippen LogP contribution in [0.15, 0.2) is 176 Å². The van der Waals surface area contributed by atoms with E-state index in [2.05, 4.69) is 0 Å². The van der Waals surface area contributed by atoms with Crippen molar-refractivity contribution in [3.8, 4) is 73.2 Å². The molecule has 0 amide bonds. The first-order valence-corrected chi connectivity index (χ1v) is 22.6. The van der Waals surface area contributed by atoms with E-state index in [0.29, 0.717) is 69.4 Å². The highest BCUT2D eigenvalue weighted by Gasteiger charge is 2.39. The lowest BCUT2D eigenvalue weighted by atomic mass is 9.96. The fourth-order valence-electron chi connectivity index (χ4n) is 8.55. The number of nitrogens with zero attached hydrogens (tertiary/aromatic N) is 4. The third-order valence-corrected chi connectivity index (χ3v) is 12.0. The molecule has 0 saturated heterocycles. The summed E-state index contributed by atoms with van der Waals surface area (Å²) in [6.45, 7) is 0.188. The van der Waals surface area contributed by atoms with Gasteiger partial charge in [-0.15, -0.1) is 0 Å². The summed E-state index contributed by atoms with van der Waals surface area (Å²) < 4.78 is 217. The summed E-state index contributed by atoms with van der Waals surface area (Å²) in [6, 6.07) is 38.8. The van der Waals surface area contributed by atoms with Crippen molar-refractivity contribution in [2.45, 2.75) is 37.8 Å². The number of hydrogen-bond acceptors (Lipinski definition) is 3. The van der Waals surface area contributed by atoms with E-state index >= 15 is 0 Å². The molecule has 2 heterocycles. The van der Waals surface area contributed by atoms with Gasteiger partial charge >= 0.3 is 30.9 Å². The Morgan fingerprint density at radius 2 is 0.662 bits per heavy atom. The van der Waals surface area contributed by atoms with E-state index in [1.54, 1.807) is 47.0 Å². The predicted octanol–water partition coefficient (Wildman–Crippen LogP) is 18.8. The molecular weight excluding hydrogens is 1040 g/mol. The second kappa shape index (κ2) is 19.9. The standard InChI is InChI=1S/C55H29F13N4.C2H3F3/c56-42-16-11-30(12-17-42)43-18-13-35(51-70-49(31-7-3-1-4-8-31)69-50(71-51)32-9-5-2-6-10-32)27-48(43)72-46-19-14-33(36-21-38(52(57,58)59)28-39(22-36)53(60,61)62)25-44(46)45-26-34(15-20-47(45)72)37-23-40(54(63,64)65)29-41(24-37)55(66,67)68;1-2(3,4)5/h1-29H;1H3. The monoisotopic (exact) mass is 1080 g/mol. The summed E-state index contributed by atoms with van der Waals surface area (Å²) in [4.78, 5) is 14.4. The minimum atomic E-state index is -5.20. The predicted molar refractivity (Wildman–Crippen MR) is 258 cm³/mol. The van der Waals surface area contributed by atoms with Crippen molar-refractivity contribution >= 4 is 21.8 Å². The largest absolute Gasteiger partial charge is 0.416 e. The van der Waals surface area contributed by atoms with Gasteiger partial charge in [-0.05, 0) is 107 Å². The Labute approximate surface area is 425 Å². The van der Waals surface area contributed by atoms with Crippen molar-refractivity contribution in [1.82, 2.24) is 19.5 Å². The lowest BCUT2D eigenvalue weighted by molar-refractivity contribution is -0.144. The van der Waals surface area contributed by atoms with Gasteiger partial charge in [0.05, 0.1) is 39.0 Å². The molecule has 0 unspecified atom stereocenters. The van der Waals surface area contributed by atoms with Gasteiger partial charge in [0.1, 0.15) is 5.82 Å². The fourth-order valence-corrected chi connectivity index (χ4v) is 8.55. The van der Waals surface area contributed by atoms with Gasteiger partial charge in [-0.2, -0.15) is 65.9 Å². The maximum atomic E-state index is 14.5. The Hall–Kier alpha value is -8.55. The number of aromatic nitrogens is 4. The Morgan fingerprint density at radius 3 is 1.03 bits per heavy atom. The van der Waals surface area contributed by atoms with Gasteiger partial charge in [0.15, 0.2) is 17.5 Å². The van der Waals surface area contributed by atoms with E-state index in [-0.39, 0.29) is 57.8 Å². The number of rotatable bonds is 7. The normalized spacial score (nSPS) is 12.5. The summed E-state index contributed by atoms with van der Waals surface area (Å²) >= 11 is 0. The highest BCUT2D eigenvalue weighted by atomic mass is 19.4. The molecule has 392 valence electrons. The number of alkyl halides is 15. The lowest BCUT2D eigenvalue weighted by Gasteiger charge is -2.17. The summed E-state index contributed by atoms with van der Waals surface area (Å²) in [7, 11) is 0. The highest BCUT2D eigenvalue weighted by molar-refractivity contribution is 6.12. The fraction of sp³-hybridized carbons (Fsp3) is 0.105. The molecule has 0 atom stereocenters. The highest BCUT2D eigenvalue weighted by Crippen LogP contribution is 2.45. The Balaban J connectivity index is 0.00000138. The average molecular weight is 1080 g/mol. The van der Waals surface area contributed by atoms with Crippen LogP contribution in [0.25, 0.3) is 95.0 Å². The van der Waals surface area contributed by atoms with Gasteiger partial charge in [-0.3, -0.25) is 0 Å². The maximum Gasteiger partial charge on any atom is 0.416 e. The van der Waals surface area contributed by atoms with E-state index in [0.717, 1.165) is 0 Å². The van der Waals surface area contributed by atoms with Crippen molar-refractivity contribution in [2.75, 3.05) is 0 Å². The van der Waals surface area contributed by atoms with Crippen LogP contribution in [0.3, 0.4) is 0 Å². The molecule has 8 aromatic carbocycles. The molecule has 0 saturated carbocycles. The second-order valence-corrected chi connectivity index (χ2v) is 17.4. The molecule has 0 aliphatic carbocycles. The van der Waals surface area contributed by atoms with Crippen LogP contribution in [-0.4, -0.2) is 25.7 Å². The van der Waals surface area contributed by atoms with Crippen LogP contribution in [0, 0.1) is 5.82 Å². The van der Waals surface area contributed by atoms with Gasteiger partial charge in [0.2, 0.25) is 0 Å². The molecule has 0 spiro atoms. The van der Waals surface area contributed by atoms with Gasteiger partial charge < -0.3 is 4.57 Å². The van der Waals surface area contributed by atoms with E-state index in [1.165, 1.54) is 60.7 Å². The minimum Gasteiger partial charge on any atom is -0.309 e. The van der Waals surface area contributed by atoms with Crippen LogP contribution in [-0.2, 0) is 24.7 Å². The average Bonchev–Trinajstić information content (AvgIpc) is 3.70. The van der Waals surface area contributed by atoms with Crippen molar-refractivity contribution in [1.29, 1.82) is 0 Å². The smallest absolute Gasteiger partial charge is 0.309 e. The van der Waals surface area contributed by atoms with Crippen LogP contribution in [0.5, 0.6) is 0 Å². The third-order valence-electron chi connectivity index (χ3n) is 12.0. The summed E-state index contributed by atoms with van der Waals surface area (Å²) in [6.07, 6.45) is -24.8. The zero-order chi connectivity index (χ0) is 55.4. The molecule has 0 aliphatic heterocycles. The molecule has 0 aliphatic rings. The first kappa shape index (κ1) is 53.3. The van der Waals surface area contributed by atoms with E-state index in [4.69, 9.17) is 15.0 Å². The number of benzene rings is 8. The topological polar surface area (TPSA) is 43.6 Å². The summed E-state index contributed by atoms with van der Waals surface area (Å²) in [5, 5.41) is 0.262. The van der Waals surface area contributed by atoms with E-state index in [9.17, 15) is 70.2 Å². The summed E-state index contributed by atoms with van der Waals surface area (Å²) in [5.41, 5.74) is -4.15. The first-order valence-electron chi connectivity index (χ1n) is 22.6. The van der Waals surface area contributed by atoms with Crippen LogP contribution in [0.4, 0.5) is 70.2 Å². The van der Waals surface area contributed by atoms with Crippen LogP contribution in [0.2, 0.25) is 0 Å². The molecule has 77 heavy (non-hydrogen) atoms. The zero-order valence-electron chi connectivity index (χ0n) is 39.1. The molecule has 4 nitrogen and oxygen atoms in total. The molecule has 0 fully saturated rings. The van der Waals surface area contributed by atoms with Gasteiger partial charge in [0, 0.05) is 39.9 Å². The molecule has 10 rings (SSSR count). The van der Waals surface area contributed by atoms with Crippen molar-refractivity contribution in [3.63, 3.8) is 0 Å². The van der Waals surface area contributed by atoms with Crippen molar-refractivity contribution in [3.05, 3.63) is 204 Å². The van der Waals surface area contributed by atoms with Crippen molar-refractivity contribution in [2.24, 2.45) is 0 Å². The van der Waals surface area contributed by atoms with Crippen LogP contribution < -0.4 is 0 Å². The minimum absolute atomic E-state index is 0.0213. The molecule has 0 bridgehead atoms. The first-order chi connectivity index (χ1) is 36.1.